The van der Waals surface area contributed by atoms with E-state index in [9.17, 15) is 34.8 Å². The molecular weight excluding hydrogens is 581 g/mol. The Morgan fingerprint density at radius 3 is 2.42 bits per heavy atom. The number of nitrogens with two attached hydrogens (primary N) is 3. The molecule has 0 bridgehead atoms. The molecule has 2 heterocycles. The smallest absolute Gasteiger partial charge is 0.346 e. The lowest BCUT2D eigenvalue weighted by Gasteiger charge is -2.16. The highest BCUT2D eigenvalue weighted by Crippen LogP contribution is 2.41. The summed E-state index contributed by atoms with van der Waals surface area (Å²) in [7, 11) is -8.97. The first-order valence-electron chi connectivity index (χ1n) is 11.1. The van der Waals surface area contributed by atoms with Gasteiger partial charge in [-0.05, 0) is 22.9 Å². The largest absolute Gasteiger partial charge is 0.471 e. The summed E-state index contributed by atoms with van der Waals surface area (Å²) in [6, 6.07) is 5.79. The highest BCUT2D eigenvalue weighted by molar-refractivity contribution is 7.93. The van der Waals surface area contributed by atoms with Gasteiger partial charge in [0, 0.05) is 18.7 Å². The first-order chi connectivity index (χ1) is 18.6. The molecule has 40 heavy (non-hydrogen) atoms. The maximum atomic E-state index is 12.9. The molecule has 20 heteroatoms. The molecule has 4 rings (SSSR count). The zero-order chi connectivity index (χ0) is 29.5. The highest BCUT2D eigenvalue weighted by atomic mass is 32.2. The van der Waals surface area contributed by atoms with Gasteiger partial charge in [-0.1, -0.05) is 18.2 Å². The molecule has 0 radical (unpaired) electrons. The van der Waals surface area contributed by atoms with Crippen LogP contribution in [0, 0.1) is 0 Å². The Morgan fingerprint density at radius 2 is 1.82 bits per heavy atom. The maximum absolute atomic E-state index is 12.9. The zero-order valence-electron chi connectivity index (χ0n) is 20.1. The third kappa shape index (κ3) is 5.65. The molecule has 4 aromatic rings. The fourth-order valence-electron chi connectivity index (χ4n) is 3.91. The predicted molar refractivity (Wildman–Crippen MR) is 133 cm³/mol. The number of hydrogen-bond acceptors (Lipinski definition) is 11. The predicted octanol–water partition coefficient (Wildman–Crippen LogP) is -0.532. The summed E-state index contributed by atoms with van der Waals surface area (Å²) in [6.45, 7) is -0.907. The number of aromatic amines is 2. The standard InChI is InChI=1S/C20H21F3N10O5S2/c21-20(22,23)19(34)27-8-11(25)17-28-12-3-1-2-10(15(12)29-17)9-4-5-13(39(35,36)7-6-24)16(40(26,37)38)14(9)18-30-32-33-31-18/h1-5,11H,6-8,24-25H2,(H,27,34)(H,28,29)(H2,26,37,38)(H,30,31,32,33). The van der Waals surface area contributed by atoms with Gasteiger partial charge in [-0.15, -0.1) is 10.2 Å². The van der Waals surface area contributed by atoms with Gasteiger partial charge in [-0.25, -0.2) is 27.0 Å². The van der Waals surface area contributed by atoms with Gasteiger partial charge < -0.3 is 21.8 Å². The molecule has 0 aliphatic heterocycles. The van der Waals surface area contributed by atoms with E-state index in [-0.39, 0.29) is 40.4 Å². The summed E-state index contributed by atoms with van der Waals surface area (Å²) in [6.07, 6.45) is -5.10. The first kappa shape index (κ1) is 29.0. The molecule has 0 aliphatic carbocycles. The van der Waals surface area contributed by atoms with Crippen molar-refractivity contribution in [2.45, 2.75) is 22.0 Å². The van der Waals surface area contributed by atoms with E-state index in [4.69, 9.17) is 16.6 Å². The molecule has 214 valence electrons. The lowest BCUT2D eigenvalue weighted by molar-refractivity contribution is -0.173. The van der Waals surface area contributed by atoms with Crippen LogP contribution in [0.1, 0.15) is 11.9 Å². The van der Waals surface area contributed by atoms with Crippen molar-refractivity contribution in [3.05, 3.63) is 36.2 Å². The van der Waals surface area contributed by atoms with Crippen LogP contribution in [0.3, 0.4) is 0 Å². The number of alkyl halides is 3. The Labute approximate surface area is 223 Å². The number of fused-ring (bicyclic) bond motifs is 1. The fourth-order valence-corrected chi connectivity index (χ4v) is 6.67. The van der Waals surface area contributed by atoms with Crippen molar-refractivity contribution in [1.82, 2.24) is 35.9 Å². The van der Waals surface area contributed by atoms with Gasteiger partial charge in [-0.3, -0.25) is 4.79 Å². The number of imidazole rings is 1. The third-order valence-electron chi connectivity index (χ3n) is 5.61. The maximum Gasteiger partial charge on any atom is 0.471 e. The molecule has 0 aliphatic rings. The van der Waals surface area contributed by atoms with E-state index in [2.05, 4.69) is 30.6 Å². The topological polar surface area (TPSA) is 259 Å². The SMILES string of the molecule is NCCS(=O)(=O)c1ccc(-c2cccc3[nH]c(C(N)CNC(=O)C(F)(F)F)nc23)c(-c2nn[nH]n2)c1S(N)(=O)=O. The summed E-state index contributed by atoms with van der Waals surface area (Å²) in [4.78, 5) is 16.9. The number of aromatic nitrogens is 6. The van der Waals surface area contributed by atoms with E-state index in [0.29, 0.717) is 5.52 Å². The van der Waals surface area contributed by atoms with E-state index in [1.165, 1.54) is 12.1 Å². The van der Waals surface area contributed by atoms with E-state index in [1.807, 2.05) is 0 Å². The van der Waals surface area contributed by atoms with Crippen LogP contribution in [0.4, 0.5) is 13.2 Å². The molecule has 0 saturated heterocycles. The van der Waals surface area contributed by atoms with E-state index in [0.717, 1.165) is 6.07 Å². The second-order valence-corrected chi connectivity index (χ2v) is 11.9. The van der Waals surface area contributed by atoms with Gasteiger partial charge in [0.15, 0.2) is 9.84 Å². The summed E-state index contributed by atoms with van der Waals surface area (Å²) >= 11 is 0. The Hall–Kier alpha value is -3.98. The van der Waals surface area contributed by atoms with Crippen molar-refractivity contribution in [1.29, 1.82) is 0 Å². The number of sulfonamides is 1. The van der Waals surface area contributed by atoms with Crippen LogP contribution in [-0.2, 0) is 24.7 Å². The van der Waals surface area contributed by atoms with Crippen molar-refractivity contribution in [3.8, 4) is 22.5 Å². The van der Waals surface area contributed by atoms with Gasteiger partial charge in [0.1, 0.15) is 10.7 Å². The van der Waals surface area contributed by atoms with Gasteiger partial charge in [-0.2, -0.15) is 18.4 Å². The molecular formula is C20H21F3N10O5S2. The number of nitrogens with one attached hydrogen (secondary N) is 3. The minimum absolute atomic E-state index is 0.000140. The molecule has 1 amide bonds. The number of amides is 1. The van der Waals surface area contributed by atoms with Crippen LogP contribution in [0.25, 0.3) is 33.5 Å². The minimum atomic E-state index is -5.10. The van der Waals surface area contributed by atoms with Crippen LogP contribution in [0.2, 0.25) is 0 Å². The number of H-pyrrole nitrogens is 2. The van der Waals surface area contributed by atoms with E-state index in [1.54, 1.807) is 17.4 Å². The number of carbonyl (C=O) groups excluding carboxylic acids is 1. The molecule has 0 spiro atoms. The summed E-state index contributed by atoms with van der Waals surface area (Å²) in [5.74, 6) is -3.06. The van der Waals surface area contributed by atoms with E-state index >= 15 is 0 Å². The molecule has 15 nitrogen and oxygen atoms in total. The molecule has 1 unspecified atom stereocenters. The number of tetrazole rings is 1. The first-order valence-corrected chi connectivity index (χ1v) is 14.3. The van der Waals surface area contributed by atoms with Crippen LogP contribution >= 0.6 is 0 Å². The number of sulfone groups is 1. The molecule has 2 aromatic heterocycles. The van der Waals surface area contributed by atoms with Crippen LogP contribution in [-0.4, -0.2) is 78.4 Å². The Morgan fingerprint density at radius 1 is 1.10 bits per heavy atom. The number of benzene rings is 2. The second kappa shape index (κ2) is 10.5. The molecule has 2 aromatic carbocycles. The molecule has 1 atom stereocenters. The number of carbonyl (C=O) groups is 1. The average molecular weight is 603 g/mol. The Kier molecular flexibility index (Phi) is 7.64. The van der Waals surface area contributed by atoms with Crippen LogP contribution in [0.5, 0.6) is 0 Å². The monoisotopic (exact) mass is 602 g/mol. The molecule has 0 saturated carbocycles. The summed E-state index contributed by atoms with van der Waals surface area (Å²) in [5, 5.41) is 20.4. The zero-order valence-corrected chi connectivity index (χ0v) is 21.7. The minimum Gasteiger partial charge on any atom is -0.346 e. The van der Waals surface area contributed by atoms with Crippen molar-refractivity contribution in [3.63, 3.8) is 0 Å². The van der Waals surface area contributed by atoms with Crippen molar-refractivity contribution in [2.24, 2.45) is 16.6 Å². The van der Waals surface area contributed by atoms with Gasteiger partial charge >= 0.3 is 12.1 Å². The van der Waals surface area contributed by atoms with Crippen LogP contribution < -0.4 is 21.9 Å². The fraction of sp³-hybridized carbons (Fsp3) is 0.250. The van der Waals surface area contributed by atoms with Crippen molar-refractivity contribution < 1.29 is 34.8 Å². The number of para-hydroxylation sites is 1. The number of nitrogens with zero attached hydrogens (tertiary/aromatic N) is 4. The lowest BCUT2D eigenvalue weighted by Crippen LogP contribution is -2.40. The van der Waals surface area contributed by atoms with Crippen LogP contribution in [0.15, 0.2) is 40.1 Å². The van der Waals surface area contributed by atoms with Gasteiger partial charge in [0.2, 0.25) is 15.8 Å². The summed E-state index contributed by atoms with van der Waals surface area (Å²) in [5.41, 5.74) is 11.9. The van der Waals surface area contributed by atoms with Gasteiger partial charge in [0.05, 0.1) is 33.3 Å². The van der Waals surface area contributed by atoms with Gasteiger partial charge in [0.25, 0.3) is 0 Å². The Bertz CT molecular complexity index is 1790. The normalized spacial score (nSPS) is 13.4. The number of hydrogen-bond donors (Lipinski definition) is 6. The van der Waals surface area contributed by atoms with Crippen molar-refractivity contribution >= 4 is 36.8 Å². The number of rotatable bonds is 9. The number of halogens is 3. The lowest BCUT2D eigenvalue weighted by atomic mass is 9.98. The Balaban J connectivity index is 1.93. The second-order valence-electron chi connectivity index (χ2n) is 8.34. The quantitative estimate of drug-likeness (QED) is 0.142. The number of primary sulfonamides is 1. The average Bonchev–Trinajstić information content (AvgIpc) is 3.55. The molecule has 0 fully saturated rings. The highest BCUT2D eigenvalue weighted by Gasteiger charge is 2.38. The molecule has 9 N–H and O–H groups in total. The van der Waals surface area contributed by atoms with Crippen molar-refractivity contribution in [2.75, 3.05) is 18.8 Å². The van der Waals surface area contributed by atoms with E-state index < -0.39 is 60.1 Å². The summed E-state index contributed by atoms with van der Waals surface area (Å²) < 4.78 is 89.1. The third-order valence-corrected chi connectivity index (χ3v) is 8.51.